The molecule has 0 aromatic heterocycles. The van der Waals surface area contributed by atoms with Crippen molar-refractivity contribution in [1.29, 1.82) is 0 Å². The second-order valence-electron chi connectivity index (χ2n) is 4.98. The molecule has 0 aliphatic heterocycles. The van der Waals surface area contributed by atoms with Gasteiger partial charge in [-0.25, -0.2) is 4.79 Å². The summed E-state index contributed by atoms with van der Waals surface area (Å²) in [4.78, 5) is 22.9. The van der Waals surface area contributed by atoms with Gasteiger partial charge in [0.2, 0.25) is 0 Å². The summed E-state index contributed by atoms with van der Waals surface area (Å²) in [5.41, 5.74) is 0. The average molecular weight is 250 g/mol. The fourth-order valence-electron chi connectivity index (χ4n) is 3.27. The number of nitrogens with one attached hydrogen (secondary N) is 2. The molecule has 18 heavy (non-hydrogen) atoms. The van der Waals surface area contributed by atoms with Gasteiger partial charge in [-0.05, 0) is 38.0 Å². The number of urea groups is 1. The highest BCUT2D eigenvalue weighted by atomic mass is 16.4. The number of carbonyl (C=O) groups excluding carboxylic acids is 1. The van der Waals surface area contributed by atoms with Crippen molar-refractivity contribution in [3.63, 3.8) is 0 Å². The van der Waals surface area contributed by atoms with Crippen molar-refractivity contribution >= 4 is 12.0 Å². The molecule has 2 saturated carbocycles. The van der Waals surface area contributed by atoms with E-state index in [0.717, 1.165) is 19.3 Å². The fourth-order valence-corrected chi connectivity index (χ4v) is 3.27. The standard InChI is InChI=1S/C13H18N2O3/c1-2-3-6-14-13(18)15-11-9-5-4-8(7-9)10(11)12(16)17/h8-11H,4-7H2,1H3,(H,16,17)(H2,14,15,18). The Morgan fingerprint density at radius 2 is 2.06 bits per heavy atom. The zero-order valence-corrected chi connectivity index (χ0v) is 10.4. The topological polar surface area (TPSA) is 78.4 Å². The minimum absolute atomic E-state index is 0.226. The molecule has 98 valence electrons. The lowest BCUT2D eigenvalue weighted by Crippen LogP contribution is -2.50. The van der Waals surface area contributed by atoms with Gasteiger partial charge in [-0.3, -0.25) is 4.79 Å². The van der Waals surface area contributed by atoms with Crippen molar-refractivity contribution in [1.82, 2.24) is 10.6 Å². The van der Waals surface area contributed by atoms with Crippen molar-refractivity contribution in [3.8, 4) is 11.8 Å². The average Bonchev–Trinajstić information content (AvgIpc) is 2.89. The molecule has 0 radical (unpaired) electrons. The number of fused-ring (bicyclic) bond motifs is 2. The molecule has 0 aromatic carbocycles. The Morgan fingerprint density at radius 3 is 2.72 bits per heavy atom. The summed E-state index contributed by atoms with van der Waals surface area (Å²) in [6.45, 7) is 2.00. The van der Waals surface area contributed by atoms with E-state index in [0.29, 0.717) is 12.5 Å². The molecule has 5 nitrogen and oxygen atoms in total. The normalized spacial score (nSPS) is 32.5. The van der Waals surface area contributed by atoms with Gasteiger partial charge in [-0.2, -0.15) is 0 Å². The summed E-state index contributed by atoms with van der Waals surface area (Å²) >= 11 is 0. The highest BCUT2D eigenvalue weighted by molar-refractivity contribution is 5.77. The summed E-state index contributed by atoms with van der Waals surface area (Å²) in [5.74, 6) is 4.75. The molecule has 5 heteroatoms. The molecule has 3 N–H and O–H groups in total. The fraction of sp³-hybridized carbons (Fsp3) is 0.692. The van der Waals surface area contributed by atoms with E-state index in [4.69, 9.17) is 0 Å². The molecule has 2 bridgehead atoms. The summed E-state index contributed by atoms with van der Waals surface area (Å²) < 4.78 is 0. The molecule has 2 aliphatic rings. The Hall–Kier alpha value is -1.70. The number of carboxylic acids is 1. The quantitative estimate of drug-likeness (QED) is 0.648. The minimum Gasteiger partial charge on any atom is -0.481 e. The maximum absolute atomic E-state index is 11.6. The van der Waals surface area contributed by atoms with Gasteiger partial charge in [-0.1, -0.05) is 5.92 Å². The van der Waals surface area contributed by atoms with E-state index in [1.807, 2.05) is 0 Å². The van der Waals surface area contributed by atoms with E-state index in [2.05, 4.69) is 22.5 Å². The Kier molecular flexibility index (Phi) is 3.75. The van der Waals surface area contributed by atoms with Crippen LogP contribution >= 0.6 is 0 Å². The Bertz CT molecular complexity index is 410. The first-order valence-electron chi connectivity index (χ1n) is 6.30. The number of amides is 2. The SMILES string of the molecule is CC#CCNC(=O)NC1C2CCC(C2)C1C(=O)O. The van der Waals surface area contributed by atoms with Crippen LogP contribution in [0.4, 0.5) is 4.79 Å². The van der Waals surface area contributed by atoms with Gasteiger partial charge < -0.3 is 15.7 Å². The molecule has 2 aliphatic carbocycles. The largest absolute Gasteiger partial charge is 0.481 e. The summed E-state index contributed by atoms with van der Waals surface area (Å²) in [7, 11) is 0. The van der Waals surface area contributed by atoms with E-state index in [1.54, 1.807) is 6.92 Å². The van der Waals surface area contributed by atoms with Gasteiger partial charge in [0.25, 0.3) is 0 Å². The van der Waals surface area contributed by atoms with Crippen molar-refractivity contribution in [2.75, 3.05) is 6.54 Å². The molecule has 0 heterocycles. The van der Waals surface area contributed by atoms with Crippen LogP contribution in [0.3, 0.4) is 0 Å². The first-order chi connectivity index (χ1) is 8.63. The summed E-state index contributed by atoms with van der Waals surface area (Å²) in [6, 6.07) is -0.544. The Morgan fingerprint density at radius 1 is 1.33 bits per heavy atom. The molecule has 4 atom stereocenters. The zero-order chi connectivity index (χ0) is 13.1. The first kappa shape index (κ1) is 12.7. The van der Waals surface area contributed by atoms with Gasteiger partial charge >= 0.3 is 12.0 Å². The van der Waals surface area contributed by atoms with Crippen LogP contribution in [0, 0.1) is 29.6 Å². The predicted molar refractivity (Wildman–Crippen MR) is 65.7 cm³/mol. The van der Waals surface area contributed by atoms with Crippen LogP contribution in [-0.4, -0.2) is 29.7 Å². The van der Waals surface area contributed by atoms with E-state index in [-0.39, 0.29) is 18.0 Å². The smallest absolute Gasteiger partial charge is 0.315 e. The maximum atomic E-state index is 11.6. The third-order valence-electron chi connectivity index (χ3n) is 4.01. The highest BCUT2D eigenvalue weighted by Gasteiger charge is 2.51. The maximum Gasteiger partial charge on any atom is 0.315 e. The van der Waals surface area contributed by atoms with Crippen LogP contribution in [0.1, 0.15) is 26.2 Å². The van der Waals surface area contributed by atoms with E-state index in [1.165, 1.54) is 0 Å². The Labute approximate surface area is 106 Å². The lowest BCUT2D eigenvalue weighted by molar-refractivity contribution is -0.144. The van der Waals surface area contributed by atoms with Gasteiger partial charge in [0.05, 0.1) is 12.5 Å². The lowest BCUT2D eigenvalue weighted by atomic mass is 9.84. The van der Waals surface area contributed by atoms with E-state index >= 15 is 0 Å². The van der Waals surface area contributed by atoms with E-state index < -0.39 is 11.9 Å². The van der Waals surface area contributed by atoms with Gasteiger partial charge in [0, 0.05) is 6.04 Å². The minimum atomic E-state index is -0.791. The van der Waals surface area contributed by atoms with E-state index in [9.17, 15) is 14.7 Å². The molecule has 2 rings (SSSR count). The van der Waals surface area contributed by atoms with Crippen LogP contribution in [0.15, 0.2) is 0 Å². The monoisotopic (exact) mass is 250 g/mol. The molecule has 4 unspecified atom stereocenters. The summed E-state index contributed by atoms with van der Waals surface area (Å²) in [5, 5.41) is 14.7. The van der Waals surface area contributed by atoms with Gasteiger partial charge in [-0.15, -0.1) is 5.92 Å². The number of carboxylic acid groups (broad SMARTS) is 1. The molecule has 0 aromatic rings. The van der Waals surface area contributed by atoms with Crippen LogP contribution < -0.4 is 10.6 Å². The third-order valence-corrected chi connectivity index (χ3v) is 4.01. The molecule has 0 saturated heterocycles. The molecular formula is C13H18N2O3. The van der Waals surface area contributed by atoms with Crippen molar-refractivity contribution < 1.29 is 14.7 Å². The van der Waals surface area contributed by atoms with Crippen LogP contribution in [0.25, 0.3) is 0 Å². The number of hydrogen-bond acceptors (Lipinski definition) is 2. The van der Waals surface area contributed by atoms with Crippen molar-refractivity contribution in [3.05, 3.63) is 0 Å². The predicted octanol–water partition coefficient (Wildman–Crippen LogP) is 0.808. The second-order valence-corrected chi connectivity index (χ2v) is 4.98. The summed E-state index contributed by atoms with van der Waals surface area (Å²) in [6.07, 6.45) is 2.92. The van der Waals surface area contributed by atoms with Crippen molar-refractivity contribution in [2.45, 2.75) is 32.2 Å². The van der Waals surface area contributed by atoms with Crippen LogP contribution in [-0.2, 0) is 4.79 Å². The van der Waals surface area contributed by atoms with Gasteiger partial charge in [0.15, 0.2) is 0 Å². The van der Waals surface area contributed by atoms with Crippen molar-refractivity contribution in [2.24, 2.45) is 17.8 Å². The van der Waals surface area contributed by atoms with Crippen LogP contribution in [0.5, 0.6) is 0 Å². The highest BCUT2D eigenvalue weighted by Crippen LogP contribution is 2.48. The molecule has 0 spiro atoms. The number of aliphatic carboxylic acids is 1. The number of rotatable bonds is 3. The lowest BCUT2D eigenvalue weighted by Gasteiger charge is -2.28. The molecular weight excluding hydrogens is 232 g/mol. The Balaban J connectivity index is 1.92. The molecule has 2 fully saturated rings. The molecule has 2 amide bonds. The first-order valence-corrected chi connectivity index (χ1v) is 6.30. The van der Waals surface area contributed by atoms with Gasteiger partial charge in [0.1, 0.15) is 0 Å². The second kappa shape index (κ2) is 5.30. The number of carbonyl (C=O) groups is 2. The number of hydrogen-bond donors (Lipinski definition) is 3. The van der Waals surface area contributed by atoms with Crippen LogP contribution in [0.2, 0.25) is 0 Å². The zero-order valence-electron chi connectivity index (χ0n) is 10.4. The third kappa shape index (κ3) is 2.42.